The summed E-state index contributed by atoms with van der Waals surface area (Å²) in [6.07, 6.45) is -3.70. The predicted octanol–water partition coefficient (Wildman–Crippen LogP) is 3.32. The van der Waals surface area contributed by atoms with Gasteiger partial charge in [0.25, 0.3) is 0 Å². The second-order valence-electron chi connectivity index (χ2n) is 4.57. The number of aromatic nitrogens is 2. The van der Waals surface area contributed by atoms with Gasteiger partial charge in [0.15, 0.2) is 0 Å². The monoisotopic (exact) mass is 287 g/mol. The predicted molar refractivity (Wildman–Crippen MR) is 70.1 cm³/mol. The molecule has 3 rings (SSSR count). The fourth-order valence-electron chi connectivity index (χ4n) is 2.41. The first-order valence-electron chi connectivity index (χ1n) is 5.89. The molecule has 1 aliphatic rings. The maximum Gasteiger partial charge on any atom is 0.449 e. The van der Waals surface area contributed by atoms with Crippen molar-refractivity contribution < 1.29 is 13.2 Å². The van der Waals surface area contributed by atoms with E-state index in [4.69, 9.17) is 5.73 Å². The fourth-order valence-corrected chi connectivity index (χ4v) is 3.60. The van der Waals surface area contributed by atoms with Crippen LogP contribution in [-0.2, 0) is 6.18 Å². The van der Waals surface area contributed by atoms with Crippen LogP contribution in [0.3, 0.4) is 0 Å². The van der Waals surface area contributed by atoms with Crippen molar-refractivity contribution in [3.05, 3.63) is 24.0 Å². The van der Waals surface area contributed by atoms with Crippen molar-refractivity contribution >= 4 is 28.5 Å². The van der Waals surface area contributed by atoms with Crippen LogP contribution in [0.1, 0.15) is 18.3 Å². The third-order valence-electron chi connectivity index (χ3n) is 3.24. The smallest absolute Gasteiger partial charge is 0.399 e. The van der Waals surface area contributed by atoms with Crippen molar-refractivity contribution in [2.24, 2.45) is 0 Å². The lowest BCUT2D eigenvalue weighted by Crippen LogP contribution is -2.19. The second-order valence-corrected chi connectivity index (χ2v) is 5.72. The molecule has 2 N–H and O–H groups in total. The van der Waals surface area contributed by atoms with Crippen molar-refractivity contribution in [3.63, 3.8) is 0 Å². The van der Waals surface area contributed by atoms with Gasteiger partial charge in [-0.05, 0) is 30.4 Å². The van der Waals surface area contributed by atoms with Gasteiger partial charge >= 0.3 is 6.18 Å². The number of nitrogens with zero attached hydrogens (tertiary/aromatic N) is 2. The average molecular weight is 287 g/mol. The molecule has 0 radical (unpaired) electrons. The van der Waals surface area contributed by atoms with Gasteiger partial charge in [0.2, 0.25) is 5.82 Å². The molecular weight excluding hydrogens is 275 g/mol. The molecule has 0 bridgehead atoms. The Hall–Kier alpha value is -1.37. The summed E-state index contributed by atoms with van der Waals surface area (Å²) in [6.45, 7) is 0. The van der Waals surface area contributed by atoms with E-state index < -0.39 is 12.0 Å². The SMILES string of the molecule is Nc1ccc2c(c1)nc(C(F)(F)F)n2C1CCSC1. The standard InChI is InChI=1S/C12H12F3N3S/c13-12(14,15)11-17-9-5-7(16)1-2-10(9)18(11)8-3-4-19-6-8/h1-2,5,8H,3-4,6,16H2. The number of imidazole rings is 1. The molecule has 19 heavy (non-hydrogen) atoms. The summed E-state index contributed by atoms with van der Waals surface area (Å²) < 4.78 is 40.7. The molecule has 2 aromatic rings. The highest BCUT2D eigenvalue weighted by Gasteiger charge is 2.39. The van der Waals surface area contributed by atoms with Crippen LogP contribution >= 0.6 is 11.8 Å². The Morgan fingerprint density at radius 2 is 2.16 bits per heavy atom. The number of hydrogen-bond donors (Lipinski definition) is 1. The summed E-state index contributed by atoms with van der Waals surface area (Å²) in [5, 5.41) is 0. The van der Waals surface area contributed by atoms with Crippen molar-refractivity contribution in [1.82, 2.24) is 9.55 Å². The molecule has 1 atom stereocenters. The van der Waals surface area contributed by atoms with Crippen molar-refractivity contribution in [2.75, 3.05) is 17.2 Å². The fraction of sp³-hybridized carbons (Fsp3) is 0.417. The largest absolute Gasteiger partial charge is 0.449 e. The number of alkyl halides is 3. The zero-order valence-electron chi connectivity index (χ0n) is 9.94. The quantitative estimate of drug-likeness (QED) is 0.818. The van der Waals surface area contributed by atoms with Gasteiger partial charge in [0.05, 0.1) is 11.0 Å². The molecule has 0 saturated carbocycles. The number of benzene rings is 1. The van der Waals surface area contributed by atoms with Crippen molar-refractivity contribution in [3.8, 4) is 0 Å². The Morgan fingerprint density at radius 1 is 1.37 bits per heavy atom. The zero-order valence-corrected chi connectivity index (χ0v) is 10.8. The minimum atomic E-state index is -4.44. The molecule has 1 fully saturated rings. The number of rotatable bonds is 1. The van der Waals surface area contributed by atoms with Gasteiger partial charge in [-0.3, -0.25) is 0 Å². The highest BCUT2D eigenvalue weighted by Crippen LogP contribution is 2.38. The van der Waals surface area contributed by atoms with Crippen LogP contribution in [-0.4, -0.2) is 21.1 Å². The molecule has 2 heterocycles. The minimum Gasteiger partial charge on any atom is -0.399 e. The molecule has 0 aliphatic carbocycles. The molecule has 102 valence electrons. The van der Waals surface area contributed by atoms with Crippen LogP contribution in [0.15, 0.2) is 18.2 Å². The first kappa shape index (κ1) is 12.7. The third-order valence-corrected chi connectivity index (χ3v) is 4.38. The first-order chi connectivity index (χ1) is 8.97. The number of thioether (sulfide) groups is 1. The number of nitrogens with two attached hydrogens (primary N) is 1. The van der Waals surface area contributed by atoms with Crippen LogP contribution in [0, 0.1) is 0 Å². The van der Waals surface area contributed by atoms with Gasteiger partial charge in [-0.15, -0.1) is 0 Å². The molecular formula is C12H12F3N3S. The summed E-state index contributed by atoms with van der Waals surface area (Å²) >= 11 is 1.67. The van der Waals surface area contributed by atoms with Crippen LogP contribution in [0.2, 0.25) is 0 Å². The topological polar surface area (TPSA) is 43.8 Å². The summed E-state index contributed by atoms with van der Waals surface area (Å²) in [4.78, 5) is 3.74. The van der Waals surface area contributed by atoms with Crippen LogP contribution in [0.25, 0.3) is 11.0 Å². The van der Waals surface area contributed by atoms with Crippen LogP contribution in [0.5, 0.6) is 0 Å². The first-order valence-corrected chi connectivity index (χ1v) is 7.04. The molecule has 1 aromatic heterocycles. The molecule has 0 spiro atoms. The molecule has 0 amide bonds. The van der Waals surface area contributed by atoms with E-state index in [0.717, 1.165) is 12.2 Å². The lowest BCUT2D eigenvalue weighted by atomic mass is 10.2. The van der Waals surface area contributed by atoms with E-state index >= 15 is 0 Å². The van der Waals surface area contributed by atoms with E-state index in [0.29, 0.717) is 22.5 Å². The van der Waals surface area contributed by atoms with Crippen molar-refractivity contribution in [1.29, 1.82) is 0 Å². The van der Waals surface area contributed by atoms with Gasteiger partial charge in [-0.2, -0.15) is 24.9 Å². The van der Waals surface area contributed by atoms with E-state index in [9.17, 15) is 13.2 Å². The van der Waals surface area contributed by atoms with Crippen molar-refractivity contribution in [2.45, 2.75) is 18.6 Å². The lowest BCUT2D eigenvalue weighted by Gasteiger charge is -2.17. The number of halogens is 3. The van der Waals surface area contributed by atoms with Gasteiger partial charge in [-0.25, -0.2) is 4.98 Å². The highest BCUT2D eigenvalue weighted by molar-refractivity contribution is 7.99. The Labute approximate surface area is 112 Å². The summed E-state index contributed by atoms with van der Waals surface area (Å²) in [7, 11) is 0. The zero-order chi connectivity index (χ0) is 13.6. The highest BCUT2D eigenvalue weighted by atomic mass is 32.2. The Morgan fingerprint density at radius 3 is 2.79 bits per heavy atom. The molecule has 1 saturated heterocycles. The number of nitrogen functional groups attached to an aromatic ring is 1. The van der Waals surface area contributed by atoms with Gasteiger partial charge in [-0.1, -0.05) is 0 Å². The third kappa shape index (κ3) is 2.16. The maximum absolute atomic E-state index is 13.1. The minimum absolute atomic E-state index is 0.143. The number of anilines is 1. The maximum atomic E-state index is 13.1. The summed E-state index contributed by atoms with van der Waals surface area (Å²) in [5.74, 6) is 0.760. The lowest BCUT2D eigenvalue weighted by molar-refractivity contribution is -0.147. The average Bonchev–Trinajstić information content (AvgIpc) is 2.91. The molecule has 1 unspecified atom stereocenters. The van der Waals surface area contributed by atoms with Gasteiger partial charge < -0.3 is 10.3 Å². The molecule has 1 aliphatic heterocycles. The van der Waals surface area contributed by atoms with E-state index in [1.54, 1.807) is 23.9 Å². The number of hydrogen-bond acceptors (Lipinski definition) is 3. The molecule has 1 aromatic carbocycles. The summed E-state index contributed by atoms with van der Waals surface area (Å²) in [6, 6.07) is 4.58. The Kier molecular flexibility index (Phi) is 2.88. The summed E-state index contributed by atoms with van der Waals surface area (Å²) in [5.41, 5.74) is 6.85. The van der Waals surface area contributed by atoms with E-state index in [2.05, 4.69) is 4.98 Å². The Bertz CT molecular complexity index is 614. The van der Waals surface area contributed by atoms with Gasteiger partial charge in [0.1, 0.15) is 0 Å². The second kappa shape index (κ2) is 4.33. The van der Waals surface area contributed by atoms with E-state index in [-0.39, 0.29) is 6.04 Å². The number of fused-ring (bicyclic) bond motifs is 1. The normalized spacial score (nSPS) is 20.3. The van der Waals surface area contributed by atoms with E-state index in [1.807, 2.05) is 0 Å². The molecule has 7 heteroatoms. The molecule has 3 nitrogen and oxygen atoms in total. The van der Waals surface area contributed by atoms with Gasteiger partial charge in [0, 0.05) is 17.5 Å². The van der Waals surface area contributed by atoms with Crippen LogP contribution in [0.4, 0.5) is 18.9 Å². The van der Waals surface area contributed by atoms with E-state index in [1.165, 1.54) is 10.6 Å². The van der Waals surface area contributed by atoms with Crippen LogP contribution < -0.4 is 5.73 Å². The Balaban J connectivity index is 2.25.